The number of aromatic amines is 1. The summed E-state index contributed by atoms with van der Waals surface area (Å²) in [6.45, 7) is 0.0670. The van der Waals surface area contributed by atoms with Crippen LogP contribution in [0.1, 0.15) is 12.0 Å². The maximum Gasteiger partial charge on any atom is 0.192 e. The van der Waals surface area contributed by atoms with Crippen molar-refractivity contribution in [1.82, 2.24) is 4.98 Å². The van der Waals surface area contributed by atoms with Crippen LogP contribution in [-0.2, 0) is 6.42 Å². The van der Waals surface area contributed by atoms with Crippen molar-refractivity contribution in [3.63, 3.8) is 0 Å². The molecule has 0 spiro atoms. The molecule has 0 aliphatic carbocycles. The van der Waals surface area contributed by atoms with Gasteiger partial charge >= 0.3 is 0 Å². The molecule has 1 aromatic heterocycles. The third-order valence-corrected chi connectivity index (χ3v) is 2.55. The minimum absolute atomic E-state index is 0.0670. The number of aryl methyl sites for hydroxylation is 1. The Morgan fingerprint density at radius 2 is 2.12 bits per heavy atom. The number of hydrogen-bond acceptors (Lipinski definition) is 3. The van der Waals surface area contributed by atoms with E-state index in [0.717, 1.165) is 0 Å². The van der Waals surface area contributed by atoms with Crippen molar-refractivity contribution in [3.8, 4) is 5.75 Å². The number of aromatic nitrogens is 1. The first-order chi connectivity index (χ1) is 7.72. The van der Waals surface area contributed by atoms with E-state index in [1.165, 1.54) is 12.1 Å². The second-order valence-corrected chi connectivity index (χ2v) is 3.70. The predicted octanol–water partition coefficient (Wildman–Crippen LogP) is 1.16. The SMILES string of the molecule is O=c1c(CCCO)c[nH]c2ccc(O)cc12. The van der Waals surface area contributed by atoms with Crippen LogP contribution in [0.15, 0.2) is 29.2 Å². The summed E-state index contributed by atoms with van der Waals surface area (Å²) in [5.41, 5.74) is 1.25. The fourth-order valence-corrected chi connectivity index (χ4v) is 1.70. The molecular weight excluding hydrogens is 206 g/mol. The Balaban J connectivity index is 2.55. The van der Waals surface area contributed by atoms with E-state index in [2.05, 4.69) is 4.98 Å². The fraction of sp³-hybridized carbons (Fsp3) is 0.250. The summed E-state index contributed by atoms with van der Waals surface area (Å²) >= 11 is 0. The molecule has 3 N–H and O–H groups in total. The topological polar surface area (TPSA) is 73.3 Å². The lowest BCUT2D eigenvalue weighted by atomic mass is 10.1. The predicted molar refractivity (Wildman–Crippen MR) is 61.6 cm³/mol. The number of pyridine rings is 1. The van der Waals surface area contributed by atoms with Crippen LogP contribution in [0.2, 0.25) is 0 Å². The molecule has 2 aromatic rings. The number of nitrogens with one attached hydrogen (secondary N) is 1. The van der Waals surface area contributed by atoms with Crippen molar-refractivity contribution < 1.29 is 10.2 Å². The molecule has 84 valence electrons. The number of rotatable bonds is 3. The smallest absolute Gasteiger partial charge is 0.192 e. The molecule has 4 nitrogen and oxygen atoms in total. The van der Waals surface area contributed by atoms with Crippen LogP contribution in [0.4, 0.5) is 0 Å². The van der Waals surface area contributed by atoms with Gasteiger partial charge in [-0.05, 0) is 31.0 Å². The largest absolute Gasteiger partial charge is 0.508 e. The maximum atomic E-state index is 12.0. The number of benzene rings is 1. The van der Waals surface area contributed by atoms with Crippen LogP contribution in [0.3, 0.4) is 0 Å². The quantitative estimate of drug-likeness (QED) is 0.725. The van der Waals surface area contributed by atoms with E-state index in [1.54, 1.807) is 12.3 Å². The van der Waals surface area contributed by atoms with Crippen LogP contribution in [0.5, 0.6) is 5.75 Å². The van der Waals surface area contributed by atoms with E-state index < -0.39 is 0 Å². The first kappa shape index (κ1) is 10.7. The molecule has 4 heteroatoms. The van der Waals surface area contributed by atoms with Crippen molar-refractivity contribution in [3.05, 3.63) is 40.2 Å². The average Bonchev–Trinajstić information content (AvgIpc) is 2.29. The number of aromatic hydroxyl groups is 1. The molecule has 0 unspecified atom stereocenters. The molecule has 0 aliphatic heterocycles. The fourth-order valence-electron chi connectivity index (χ4n) is 1.70. The van der Waals surface area contributed by atoms with E-state index in [0.29, 0.717) is 29.3 Å². The summed E-state index contributed by atoms with van der Waals surface area (Å²) in [5, 5.41) is 18.5. The Labute approximate surface area is 92.2 Å². The minimum Gasteiger partial charge on any atom is -0.508 e. The van der Waals surface area contributed by atoms with Gasteiger partial charge < -0.3 is 15.2 Å². The average molecular weight is 219 g/mol. The Hall–Kier alpha value is -1.81. The second kappa shape index (κ2) is 4.37. The number of H-pyrrole nitrogens is 1. The highest BCUT2D eigenvalue weighted by atomic mass is 16.3. The molecule has 1 heterocycles. The van der Waals surface area contributed by atoms with Gasteiger partial charge in [0.1, 0.15) is 5.75 Å². The normalized spacial score (nSPS) is 10.8. The van der Waals surface area contributed by atoms with Crippen molar-refractivity contribution in [1.29, 1.82) is 0 Å². The van der Waals surface area contributed by atoms with Gasteiger partial charge in [-0.25, -0.2) is 0 Å². The molecule has 16 heavy (non-hydrogen) atoms. The van der Waals surface area contributed by atoms with Gasteiger partial charge in [0, 0.05) is 29.3 Å². The van der Waals surface area contributed by atoms with Gasteiger partial charge in [0.15, 0.2) is 5.43 Å². The van der Waals surface area contributed by atoms with E-state index in [1.807, 2.05) is 0 Å². The Morgan fingerprint density at radius 3 is 2.88 bits per heavy atom. The van der Waals surface area contributed by atoms with Gasteiger partial charge in [-0.1, -0.05) is 0 Å². The zero-order valence-electron chi connectivity index (χ0n) is 8.73. The molecule has 1 aromatic carbocycles. The summed E-state index contributed by atoms with van der Waals surface area (Å²) in [5.74, 6) is 0.0808. The third-order valence-electron chi connectivity index (χ3n) is 2.55. The van der Waals surface area contributed by atoms with Crippen LogP contribution in [0.25, 0.3) is 10.9 Å². The molecule has 0 amide bonds. The number of aliphatic hydroxyl groups excluding tert-OH is 1. The molecular formula is C12H13NO3. The van der Waals surface area contributed by atoms with E-state index in [4.69, 9.17) is 5.11 Å². The lowest BCUT2D eigenvalue weighted by Gasteiger charge is -2.02. The van der Waals surface area contributed by atoms with E-state index >= 15 is 0 Å². The lowest BCUT2D eigenvalue weighted by molar-refractivity contribution is 0.288. The van der Waals surface area contributed by atoms with Crippen molar-refractivity contribution in [2.24, 2.45) is 0 Å². The number of hydrogen-bond donors (Lipinski definition) is 3. The highest BCUT2D eigenvalue weighted by Crippen LogP contribution is 2.15. The standard InChI is InChI=1S/C12H13NO3/c14-5-1-2-8-7-13-11-4-3-9(15)6-10(11)12(8)16/h3-4,6-7,14-15H,1-2,5H2,(H,13,16). The Morgan fingerprint density at radius 1 is 1.31 bits per heavy atom. The van der Waals surface area contributed by atoms with Crippen molar-refractivity contribution >= 4 is 10.9 Å². The molecule has 0 radical (unpaired) electrons. The lowest BCUT2D eigenvalue weighted by Crippen LogP contribution is -2.10. The van der Waals surface area contributed by atoms with Gasteiger partial charge in [0.2, 0.25) is 0 Å². The van der Waals surface area contributed by atoms with Crippen molar-refractivity contribution in [2.45, 2.75) is 12.8 Å². The van der Waals surface area contributed by atoms with E-state index in [9.17, 15) is 9.90 Å². The molecule has 0 aliphatic rings. The molecule has 0 fully saturated rings. The number of aliphatic hydroxyl groups is 1. The molecule has 0 atom stereocenters. The first-order valence-corrected chi connectivity index (χ1v) is 5.16. The van der Waals surface area contributed by atoms with Crippen LogP contribution in [-0.4, -0.2) is 21.8 Å². The van der Waals surface area contributed by atoms with Gasteiger partial charge in [-0.3, -0.25) is 4.79 Å². The number of phenolic OH excluding ortho intramolecular Hbond substituents is 1. The van der Waals surface area contributed by atoms with Crippen LogP contribution >= 0.6 is 0 Å². The zero-order valence-corrected chi connectivity index (χ0v) is 8.73. The highest BCUT2D eigenvalue weighted by molar-refractivity contribution is 5.80. The third kappa shape index (κ3) is 1.92. The molecule has 0 bridgehead atoms. The highest BCUT2D eigenvalue weighted by Gasteiger charge is 2.05. The van der Waals surface area contributed by atoms with Crippen LogP contribution in [0, 0.1) is 0 Å². The summed E-state index contributed by atoms with van der Waals surface area (Å²) in [7, 11) is 0. The first-order valence-electron chi connectivity index (χ1n) is 5.16. The van der Waals surface area contributed by atoms with Crippen molar-refractivity contribution in [2.75, 3.05) is 6.61 Å². The maximum absolute atomic E-state index is 12.0. The summed E-state index contributed by atoms with van der Waals surface area (Å²) < 4.78 is 0. The van der Waals surface area contributed by atoms with E-state index in [-0.39, 0.29) is 17.8 Å². The monoisotopic (exact) mass is 219 g/mol. The molecule has 0 saturated heterocycles. The van der Waals surface area contributed by atoms with Gasteiger partial charge in [0.05, 0.1) is 0 Å². The number of phenols is 1. The Kier molecular flexibility index (Phi) is 2.92. The minimum atomic E-state index is -0.0851. The van der Waals surface area contributed by atoms with Gasteiger partial charge in [-0.2, -0.15) is 0 Å². The summed E-state index contributed by atoms with van der Waals surface area (Å²) in [6.07, 6.45) is 2.77. The van der Waals surface area contributed by atoms with Crippen LogP contribution < -0.4 is 5.43 Å². The van der Waals surface area contributed by atoms with Gasteiger partial charge in [-0.15, -0.1) is 0 Å². The number of fused-ring (bicyclic) bond motifs is 1. The summed E-state index contributed by atoms with van der Waals surface area (Å²) in [6, 6.07) is 4.66. The Bertz CT molecular complexity index is 560. The molecule has 0 saturated carbocycles. The van der Waals surface area contributed by atoms with Gasteiger partial charge in [0.25, 0.3) is 0 Å². The summed E-state index contributed by atoms with van der Waals surface area (Å²) in [4.78, 5) is 15.0. The molecule has 2 rings (SSSR count). The zero-order chi connectivity index (χ0) is 11.5. The second-order valence-electron chi connectivity index (χ2n) is 3.70.